The Hall–Kier alpha value is -1.61. The summed E-state index contributed by atoms with van der Waals surface area (Å²) in [4.78, 5) is 41.5. The Labute approximate surface area is 198 Å². The minimum absolute atomic E-state index is 0.0162. The summed E-state index contributed by atoms with van der Waals surface area (Å²) in [6.07, 6.45) is 8.65. The fourth-order valence-electron chi connectivity index (χ4n) is 5.91. The Morgan fingerprint density at radius 3 is 2.39 bits per heavy atom. The Kier molecular flexibility index (Phi) is 9.21. The molecular formula is C24H42BN3O5. The summed E-state index contributed by atoms with van der Waals surface area (Å²) in [5, 5.41) is 2.97. The zero-order chi connectivity index (χ0) is 24.0. The molecule has 2 heterocycles. The third-order valence-corrected chi connectivity index (χ3v) is 7.98. The third-order valence-electron chi connectivity index (χ3n) is 7.98. The van der Waals surface area contributed by atoms with Gasteiger partial charge in [-0.25, -0.2) is 4.79 Å². The number of nitrogens with zero attached hydrogens (tertiary/aromatic N) is 1. The van der Waals surface area contributed by atoms with Gasteiger partial charge in [-0.05, 0) is 37.0 Å². The summed E-state index contributed by atoms with van der Waals surface area (Å²) in [7, 11) is 0.282. The van der Waals surface area contributed by atoms with E-state index in [1.165, 1.54) is 0 Å². The first-order valence-electron chi connectivity index (χ1n) is 12.9. The molecule has 5 atom stereocenters. The van der Waals surface area contributed by atoms with Crippen LogP contribution in [-0.4, -0.2) is 62.1 Å². The van der Waals surface area contributed by atoms with Gasteiger partial charge in [0, 0.05) is 12.4 Å². The predicted octanol–water partition coefficient (Wildman–Crippen LogP) is 2.11. The number of carbonyl (C=O) groups is 3. The molecule has 2 amide bonds. The van der Waals surface area contributed by atoms with Crippen molar-refractivity contribution in [1.82, 2.24) is 10.2 Å². The van der Waals surface area contributed by atoms with Crippen molar-refractivity contribution in [2.24, 2.45) is 23.0 Å². The van der Waals surface area contributed by atoms with Gasteiger partial charge in [0.2, 0.25) is 11.8 Å². The summed E-state index contributed by atoms with van der Waals surface area (Å²) in [5.41, 5.74) is 5.56. The van der Waals surface area contributed by atoms with Crippen molar-refractivity contribution in [3.05, 3.63) is 0 Å². The van der Waals surface area contributed by atoms with Crippen molar-refractivity contribution < 1.29 is 23.8 Å². The van der Waals surface area contributed by atoms with E-state index in [0.29, 0.717) is 18.9 Å². The second-order valence-electron chi connectivity index (χ2n) is 10.5. The summed E-state index contributed by atoms with van der Waals surface area (Å²) in [5.74, 6) is -0.519. The number of fused-ring (bicyclic) bond motifs is 3. The average Bonchev–Trinajstić information content (AvgIpc) is 3.11. The smallest absolute Gasteiger partial charge is 0.328 e. The molecule has 2 aliphatic heterocycles. The maximum atomic E-state index is 13.6. The van der Waals surface area contributed by atoms with Gasteiger partial charge in [-0.3, -0.25) is 9.59 Å². The number of ether oxygens (including phenoxy) is 1. The average molecular weight is 463 g/mol. The number of hydrogen-bond acceptors (Lipinski definition) is 6. The first-order valence-corrected chi connectivity index (χ1v) is 12.9. The van der Waals surface area contributed by atoms with Crippen LogP contribution in [0.3, 0.4) is 0 Å². The fraction of sp³-hybridized carbons (Fsp3) is 0.875. The summed E-state index contributed by atoms with van der Waals surface area (Å²) in [6.45, 7) is 7.03. The van der Waals surface area contributed by atoms with E-state index < -0.39 is 12.1 Å². The number of rotatable bonds is 5. The molecule has 3 N–H and O–H groups in total. The van der Waals surface area contributed by atoms with Gasteiger partial charge in [0.1, 0.15) is 12.1 Å². The lowest BCUT2D eigenvalue weighted by Crippen LogP contribution is -2.54. The zero-order valence-electron chi connectivity index (χ0n) is 20.6. The molecule has 0 radical (unpaired) electrons. The molecule has 0 spiro atoms. The van der Waals surface area contributed by atoms with Crippen LogP contribution in [0.15, 0.2) is 0 Å². The monoisotopic (exact) mass is 463 g/mol. The van der Waals surface area contributed by atoms with Crippen LogP contribution >= 0.6 is 0 Å². The Morgan fingerprint density at radius 1 is 1.12 bits per heavy atom. The fourth-order valence-corrected chi connectivity index (χ4v) is 5.91. The minimum Gasteiger partial charge on any atom is -0.464 e. The number of amides is 2. The molecule has 9 heteroatoms. The van der Waals surface area contributed by atoms with Crippen LogP contribution in [0.25, 0.3) is 0 Å². The van der Waals surface area contributed by atoms with E-state index in [2.05, 4.69) is 19.2 Å². The highest BCUT2D eigenvalue weighted by Crippen LogP contribution is 2.65. The summed E-state index contributed by atoms with van der Waals surface area (Å²) < 4.78 is 10.7. The van der Waals surface area contributed by atoms with Crippen LogP contribution in [0, 0.1) is 17.3 Å². The van der Waals surface area contributed by atoms with E-state index in [4.69, 9.17) is 15.1 Å². The van der Waals surface area contributed by atoms with Gasteiger partial charge in [0.05, 0.1) is 13.3 Å². The van der Waals surface area contributed by atoms with Crippen molar-refractivity contribution >= 4 is 25.3 Å². The molecule has 0 unspecified atom stereocenters. The number of nitrogens with one attached hydrogen (secondary N) is 1. The second kappa shape index (κ2) is 11.7. The van der Waals surface area contributed by atoms with Crippen LogP contribution in [0.4, 0.5) is 0 Å². The van der Waals surface area contributed by atoms with Gasteiger partial charge in [-0.1, -0.05) is 58.8 Å². The van der Waals surface area contributed by atoms with E-state index in [1.54, 1.807) is 11.8 Å². The molecule has 1 aliphatic carbocycles. The quantitative estimate of drug-likeness (QED) is 0.367. The van der Waals surface area contributed by atoms with Crippen LogP contribution in [-0.2, 0) is 23.8 Å². The Morgan fingerprint density at radius 2 is 1.76 bits per heavy atom. The van der Waals surface area contributed by atoms with Gasteiger partial charge in [-0.15, -0.1) is 0 Å². The number of hydrogen-bond donors (Lipinski definition) is 2. The van der Waals surface area contributed by atoms with Crippen LogP contribution in [0.1, 0.15) is 78.6 Å². The molecule has 186 valence electrons. The van der Waals surface area contributed by atoms with E-state index in [0.717, 1.165) is 51.4 Å². The Bertz CT molecular complexity index is 704. The van der Waals surface area contributed by atoms with Crippen molar-refractivity contribution in [3.8, 4) is 0 Å². The number of carbonyl (C=O) groups excluding carboxylic acids is 3. The second-order valence-corrected chi connectivity index (χ2v) is 10.5. The van der Waals surface area contributed by atoms with Crippen LogP contribution in [0.5, 0.6) is 0 Å². The van der Waals surface area contributed by atoms with E-state index >= 15 is 0 Å². The van der Waals surface area contributed by atoms with Crippen molar-refractivity contribution in [1.29, 1.82) is 0 Å². The Balaban J connectivity index is 1.82. The van der Waals surface area contributed by atoms with Gasteiger partial charge in [-0.2, -0.15) is 0 Å². The molecule has 33 heavy (non-hydrogen) atoms. The maximum absolute atomic E-state index is 13.6. The molecule has 0 aromatic rings. The highest BCUT2D eigenvalue weighted by atomic mass is 16.5. The van der Waals surface area contributed by atoms with Crippen molar-refractivity contribution in [3.63, 3.8) is 0 Å². The zero-order valence-corrected chi connectivity index (χ0v) is 20.6. The lowest BCUT2D eigenvalue weighted by atomic mass is 9.75. The van der Waals surface area contributed by atoms with Gasteiger partial charge in [0.15, 0.2) is 0 Å². The van der Waals surface area contributed by atoms with E-state index in [-0.39, 0.29) is 55.8 Å². The largest absolute Gasteiger partial charge is 0.464 e. The van der Waals surface area contributed by atoms with Crippen LogP contribution in [0.2, 0.25) is 5.82 Å². The van der Waals surface area contributed by atoms with Gasteiger partial charge in [0.25, 0.3) is 7.48 Å². The number of piperidine rings is 1. The highest BCUT2D eigenvalue weighted by molar-refractivity contribution is 6.37. The first kappa shape index (κ1) is 26.0. The standard InChI is InChI=1S/C24H42BN3O5/c1-4-32-23(31)18-13-11-9-7-5-6-8-10-12-17(25-33-15-26)22(30)28-14-16-19(24(16,2)3)20(28)21(29)27-18/h16-20,25H,4-15,26H2,1-3H3,(H,27,29)/t16-,17-,18-,19-,20-/m0/s1. The molecule has 3 rings (SSSR count). The molecular weight excluding hydrogens is 421 g/mol. The number of esters is 1. The predicted molar refractivity (Wildman–Crippen MR) is 127 cm³/mol. The first-order chi connectivity index (χ1) is 15.8. The van der Waals surface area contributed by atoms with Gasteiger partial charge < -0.3 is 25.3 Å². The molecule has 0 bridgehead atoms. The number of nitrogens with two attached hydrogens (primary N) is 1. The molecule has 0 aromatic heterocycles. The van der Waals surface area contributed by atoms with Crippen LogP contribution < -0.4 is 11.1 Å². The summed E-state index contributed by atoms with van der Waals surface area (Å²) in [6, 6.07) is -1.22. The lowest BCUT2D eigenvalue weighted by Gasteiger charge is -2.33. The summed E-state index contributed by atoms with van der Waals surface area (Å²) >= 11 is 0. The molecule has 8 nitrogen and oxygen atoms in total. The molecule has 3 fully saturated rings. The molecule has 2 saturated heterocycles. The van der Waals surface area contributed by atoms with Crippen molar-refractivity contribution in [2.75, 3.05) is 19.9 Å². The van der Waals surface area contributed by atoms with Crippen molar-refractivity contribution in [2.45, 2.75) is 96.5 Å². The molecule has 0 aromatic carbocycles. The van der Waals surface area contributed by atoms with E-state index in [1.807, 2.05) is 0 Å². The maximum Gasteiger partial charge on any atom is 0.328 e. The lowest BCUT2D eigenvalue weighted by molar-refractivity contribution is -0.149. The minimum atomic E-state index is -0.667. The molecule has 3 aliphatic rings. The van der Waals surface area contributed by atoms with E-state index in [9.17, 15) is 14.4 Å². The highest BCUT2D eigenvalue weighted by Gasteiger charge is 2.69. The van der Waals surface area contributed by atoms with Gasteiger partial charge >= 0.3 is 5.97 Å². The normalized spacial score (nSPS) is 33.0. The topological polar surface area (TPSA) is 111 Å². The molecule has 1 saturated carbocycles. The third kappa shape index (κ3) is 6.10. The SMILES string of the molecule is CCOC(=O)[C@@H]1CCCCCCCCC[C@H](BOCN)C(=O)N2C[C@H]3[C@@H]([C@H]2C(=O)N1)C3(C)C.